The van der Waals surface area contributed by atoms with Crippen LogP contribution in [-0.4, -0.2) is 21.9 Å². The zero-order valence-corrected chi connectivity index (χ0v) is 12.3. The standard InChI is InChI=1S/C11H25O4PS/c1-2-3-4-5-6-7-8-9-10-15-17-11-16(12,13)14/h2-11H2,1H3,(H2,12,13,14). The molecule has 0 aromatic rings. The Morgan fingerprint density at radius 2 is 1.53 bits per heavy atom. The molecule has 0 aromatic heterocycles. The van der Waals surface area contributed by atoms with Gasteiger partial charge in [-0.15, -0.1) is 0 Å². The zero-order chi connectivity index (χ0) is 13.0. The topological polar surface area (TPSA) is 66.8 Å². The molecule has 0 aliphatic carbocycles. The van der Waals surface area contributed by atoms with Gasteiger partial charge in [-0.1, -0.05) is 51.9 Å². The van der Waals surface area contributed by atoms with Crippen molar-refractivity contribution >= 4 is 19.6 Å². The van der Waals surface area contributed by atoms with E-state index >= 15 is 0 Å². The summed E-state index contributed by atoms with van der Waals surface area (Å²) in [5, 5.41) is 0. The van der Waals surface area contributed by atoms with Crippen molar-refractivity contribution in [2.24, 2.45) is 0 Å². The fourth-order valence-electron chi connectivity index (χ4n) is 1.46. The Morgan fingerprint density at radius 3 is 2.06 bits per heavy atom. The van der Waals surface area contributed by atoms with Crippen LogP contribution in [0.3, 0.4) is 0 Å². The van der Waals surface area contributed by atoms with E-state index in [2.05, 4.69) is 6.92 Å². The van der Waals surface area contributed by atoms with Crippen molar-refractivity contribution in [2.45, 2.75) is 58.3 Å². The van der Waals surface area contributed by atoms with Crippen molar-refractivity contribution < 1.29 is 18.5 Å². The molecule has 0 unspecified atom stereocenters. The van der Waals surface area contributed by atoms with Crippen LogP contribution >= 0.6 is 19.6 Å². The summed E-state index contributed by atoms with van der Waals surface area (Å²) >= 11 is 0.872. The van der Waals surface area contributed by atoms with Crippen LogP contribution in [0.2, 0.25) is 0 Å². The summed E-state index contributed by atoms with van der Waals surface area (Å²) in [7, 11) is -3.90. The fourth-order valence-corrected chi connectivity index (χ4v) is 2.54. The van der Waals surface area contributed by atoms with Gasteiger partial charge in [-0.2, -0.15) is 0 Å². The Hall–Kier alpha value is 0.460. The molecule has 0 aliphatic heterocycles. The maximum Gasteiger partial charge on any atom is 0.337 e. The molecule has 0 bridgehead atoms. The summed E-state index contributed by atoms with van der Waals surface area (Å²) < 4.78 is 15.6. The van der Waals surface area contributed by atoms with E-state index in [1.165, 1.54) is 38.5 Å². The third-order valence-electron chi connectivity index (χ3n) is 2.39. The Bertz CT molecular complexity index is 208. The monoisotopic (exact) mass is 284 g/mol. The molecular formula is C11H25O4PS. The molecule has 6 heteroatoms. The summed E-state index contributed by atoms with van der Waals surface area (Å²) in [6.07, 6.45) is 9.91. The highest BCUT2D eigenvalue weighted by Crippen LogP contribution is 2.38. The van der Waals surface area contributed by atoms with E-state index < -0.39 is 7.60 Å². The first-order chi connectivity index (χ1) is 8.06. The maximum absolute atomic E-state index is 10.5. The summed E-state index contributed by atoms with van der Waals surface area (Å²) in [6, 6.07) is 0. The maximum atomic E-state index is 10.5. The molecule has 0 saturated heterocycles. The molecule has 0 aliphatic rings. The van der Waals surface area contributed by atoms with E-state index in [-0.39, 0.29) is 5.49 Å². The number of rotatable bonds is 12. The van der Waals surface area contributed by atoms with E-state index in [4.69, 9.17) is 14.0 Å². The van der Waals surface area contributed by atoms with Gasteiger partial charge in [0.1, 0.15) is 5.49 Å². The van der Waals surface area contributed by atoms with E-state index in [0.29, 0.717) is 6.61 Å². The average Bonchev–Trinajstić information content (AvgIpc) is 2.24. The van der Waals surface area contributed by atoms with Crippen molar-refractivity contribution in [3.05, 3.63) is 0 Å². The number of hydrogen-bond donors (Lipinski definition) is 2. The molecule has 2 N–H and O–H groups in total. The molecule has 0 radical (unpaired) electrons. The second kappa shape index (κ2) is 11.5. The van der Waals surface area contributed by atoms with Gasteiger partial charge in [0.15, 0.2) is 0 Å². The Kier molecular flexibility index (Phi) is 11.9. The molecule has 0 aromatic carbocycles. The molecule has 0 rings (SSSR count). The van der Waals surface area contributed by atoms with Gasteiger partial charge in [-0.25, -0.2) is 0 Å². The summed E-state index contributed by atoms with van der Waals surface area (Å²) in [6.45, 7) is 2.80. The lowest BCUT2D eigenvalue weighted by molar-refractivity contribution is 0.351. The summed E-state index contributed by atoms with van der Waals surface area (Å²) in [5.41, 5.74) is -0.246. The number of hydrogen-bond acceptors (Lipinski definition) is 3. The smallest absolute Gasteiger partial charge is 0.324 e. The van der Waals surface area contributed by atoms with Gasteiger partial charge in [0, 0.05) is 12.0 Å². The highest BCUT2D eigenvalue weighted by atomic mass is 32.2. The zero-order valence-electron chi connectivity index (χ0n) is 10.6. The minimum Gasteiger partial charge on any atom is -0.324 e. The van der Waals surface area contributed by atoms with E-state index in [1.54, 1.807) is 0 Å². The third-order valence-corrected chi connectivity index (χ3v) is 4.49. The first-order valence-electron chi connectivity index (χ1n) is 6.35. The van der Waals surface area contributed by atoms with Crippen LogP contribution in [0.5, 0.6) is 0 Å². The van der Waals surface area contributed by atoms with Gasteiger partial charge in [0.05, 0.1) is 6.61 Å². The minimum absolute atomic E-state index is 0.246. The van der Waals surface area contributed by atoms with Gasteiger partial charge in [-0.05, 0) is 6.42 Å². The molecule has 0 spiro atoms. The van der Waals surface area contributed by atoms with Crippen LogP contribution in [-0.2, 0) is 8.75 Å². The second-order valence-corrected chi connectivity index (χ2v) is 7.04. The number of unbranched alkanes of at least 4 members (excludes halogenated alkanes) is 7. The van der Waals surface area contributed by atoms with Crippen molar-refractivity contribution in [3.8, 4) is 0 Å². The molecule has 0 amide bonds. The van der Waals surface area contributed by atoms with E-state index in [9.17, 15) is 4.57 Å². The predicted octanol–water partition coefficient (Wildman–Crippen LogP) is 3.93. The first kappa shape index (κ1) is 17.5. The van der Waals surface area contributed by atoms with Crippen LogP contribution in [0.15, 0.2) is 0 Å². The highest BCUT2D eigenvalue weighted by molar-refractivity contribution is 8.00. The van der Waals surface area contributed by atoms with Gasteiger partial charge < -0.3 is 14.0 Å². The van der Waals surface area contributed by atoms with Crippen molar-refractivity contribution in [3.63, 3.8) is 0 Å². The lowest BCUT2D eigenvalue weighted by atomic mass is 10.1. The van der Waals surface area contributed by atoms with Crippen molar-refractivity contribution in [2.75, 3.05) is 12.1 Å². The molecule has 4 nitrogen and oxygen atoms in total. The lowest BCUT2D eigenvalue weighted by Crippen LogP contribution is -1.90. The van der Waals surface area contributed by atoms with Gasteiger partial charge >= 0.3 is 7.60 Å². The van der Waals surface area contributed by atoms with E-state index in [0.717, 1.165) is 24.9 Å². The minimum atomic E-state index is -3.90. The van der Waals surface area contributed by atoms with Gasteiger partial charge in [0.2, 0.25) is 0 Å². The molecule has 0 heterocycles. The fraction of sp³-hybridized carbons (Fsp3) is 1.00. The molecular weight excluding hydrogens is 259 g/mol. The van der Waals surface area contributed by atoms with Gasteiger partial charge in [-0.3, -0.25) is 4.57 Å². The first-order valence-corrected chi connectivity index (χ1v) is 9.06. The van der Waals surface area contributed by atoms with Crippen molar-refractivity contribution in [1.29, 1.82) is 0 Å². The highest BCUT2D eigenvalue weighted by Gasteiger charge is 2.12. The van der Waals surface area contributed by atoms with Crippen LogP contribution in [0.4, 0.5) is 0 Å². The van der Waals surface area contributed by atoms with Crippen molar-refractivity contribution in [1.82, 2.24) is 0 Å². The van der Waals surface area contributed by atoms with Gasteiger partial charge in [0.25, 0.3) is 0 Å². The second-order valence-electron chi connectivity index (χ2n) is 4.21. The molecule has 0 atom stereocenters. The van der Waals surface area contributed by atoms with Crippen LogP contribution < -0.4 is 0 Å². The Labute approximate surface area is 109 Å². The van der Waals surface area contributed by atoms with Crippen LogP contribution in [0.25, 0.3) is 0 Å². The molecule has 104 valence electrons. The summed E-state index contributed by atoms with van der Waals surface area (Å²) in [4.78, 5) is 17.1. The predicted molar refractivity (Wildman–Crippen MR) is 73.1 cm³/mol. The molecule has 0 fully saturated rings. The SMILES string of the molecule is CCCCCCCCCCOSCP(=O)(O)O. The Morgan fingerprint density at radius 1 is 1.00 bits per heavy atom. The Balaban J connectivity index is 3.01. The largest absolute Gasteiger partial charge is 0.337 e. The molecule has 17 heavy (non-hydrogen) atoms. The summed E-state index contributed by atoms with van der Waals surface area (Å²) in [5.74, 6) is 0. The average molecular weight is 284 g/mol. The quantitative estimate of drug-likeness (QED) is 0.323. The third kappa shape index (κ3) is 16.5. The lowest BCUT2D eigenvalue weighted by Gasteiger charge is -2.04. The van der Waals surface area contributed by atoms with Crippen LogP contribution in [0.1, 0.15) is 58.3 Å². The molecule has 0 saturated carbocycles. The normalized spacial score (nSPS) is 11.9. The van der Waals surface area contributed by atoms with Crippen LogP contribution in [0, 0.1) is 0 Å². The van der Waals surface area contributed by atoms with E-state index in [1.807, 2.05) is 0 Å².